The molecule has 0 aliphatic carbocycles. The van der Waals surface area contributed by atoms with Crippen LogP contribution in [0, 0.1) is 0 Å². The summed E-state index contributed by atoms with van der Waals surface area (Å²) in [5, 5.41) is 0.487. The Balaban J connectivity index is 0.00000169. The molecule has 0 atom stereocenters. The van der Waals surface area contributed by atoms with E-state index in [0.29, 0.717) is 0 Å². The maximum atomic E-state index is 10.2. The summed E-state index contributed by atoms with van der Waals surface area (Å²) in [7, 11) is -2.68. The van der Waals surface area contributed by atoms with Gasteiger partial charge in [0.05, 0.1) is 15.1 Å². The molecule has 0 bridgehead atoms. The minimum absolute atomic E-state index is 0. The van der Waals surface area contributed by atoms with Crippen LogP contribution in [0.3, 0.4) is 0 Å². The predicted octanol–water partition coefficient (Wildman–Crippen LogP) is 0.254. The Kier molecular flexibility index (Phi) is 7.66. The summed E-state index contributed by atoms with van der Waals surface area (Å²) in [5.74, 6) is -0.0515. The first-order valence-electron chi connectivity index (χ1n) is 2.93. The predicted molar refractivity (Wildman–Crippen MR) is 50.8 cm³/mol. The van der Waals surface area contributed by atoms with Crippen molar-refractivity contribution in [3.63, 3.8) is 0 Å². The number of benzene rings is 1. The summed E-state index contributed by atoms with van der Waals surface area (Å²) >= 11 is 16.8. The van der Waals surface area contributed by atoms with Gasteiger partial charge >= 0.3 is 51.4 Å². The summed E-state index contributed by atoms with van der Waals surface area (Å²) in [4.78, 5) is 0. The van der Waals surface area contributed by atoms with Gasteiger partial charge in [-0.3, -0.25) is 0 Å². The molecule has 72 valence electrons. The van der Waals surface area contributed by atoms with Gasteiger partial charge in [0.25, 0.3) is 0 Å². The van der Waals surface area contributed by atoms with Crippen LogP contribution in [0.2, 0.25) is 15.1 Å². The molecule has 14 heavy (non-hydrogen) atoms. The molecule has 0 saturated carbocycles. The second kappa shape index (κ2) is 6.93. The van der Waals surface area contributed by atoms with Gasteiger partial charge in [0, 0.05) is 6.07 Å². The van der Waals surface area contributed by atoms with E-state index in [1.54, 1.807) is 0 Å². The Morgan fingerprint density at radius 1 is 1.00 bits per heavy atom. The molecule has 0 saturated heterocycles. The summed E-state index contributed by atoms with van der Waals surface area (Å²) < 4.78 is 24.6. The molecule has 8 heteroatoms. The van der Waals surface area contributed by atoms with E-state index in [9.17, 15) is 8.42 Å². The van der Waals surface area contributed by atoms with Gasteiger partial charge in [-0.05, 0) is 6.07 Å². The van der Waals surface area contributed by atoms with Crippen LogP contribution in [-0.4, -0.2) is 0 Å². The fourth-order valence-corrected chi connectivity index (χ4v) is 1.55. The number of rotatable bonds is 2. The number of halogens is 3. The zero-order chi connectivity index (χ0) is 10.0. The second-order valence-corrected chi connectivity index (χ2v) is 3.78. The third-order valence-corrected chi connectivity index (χ3v) is 2.47. The van der Waals surface area contributed by atoms with Crippen LogP contribution in [0.5, 0.6) is 5.75 Å². The Labute approximate surface area is 140 Å². The summed E-state index contributed by atoms with van der Waals surface area (Å²) in [6.07, 6.45) is 0. The molecule has 0 aliphatic heterocycles. The molecule has 1 rings (SSSR count). The topological polar surface area (TPSA) is 43.4 Å². The van der Waals surface area contributed by atoms with Crippen molar-refractivity contribution in [2.75, 3.05) is 0 Å². The molecular weight excluding hydrogens is 298 g/mol. The average Bonchev–Trinajstić information content (AvgIpc) is 1.99. The van der Waals surface area contributed by atoms with Gasteiger partial charge in [-0.1, -0.05) is 34.8 Å². The van der Waals surface area contributed by atoms with Gasteiger partial charge in [-0.15, -0.1) is 0 Å². The van der Waals surface area contributed by atoms with Crippen LogP contribution < -0.4 is 55.6 Å². The standard InChI is InChI=1S/C6H2Cl3O3S.K/c7-3-1-5(9)6(2-4(3)8)12-13(10)11;/h1-2H;/q-1;+1. The first kappa shape index (κ1) is 15.5. The summed E-state index contributed by atoms with van der Waals surface area (Å²) in [6.45, 7) is 0. The first-order chi connectivity index (χ1) is 6.00. The van der Waals surface area contributed by atoms with Crippen LogP contribution in [0.25, 0.3) is 0 Å². The van der Waals surface area contributed by atoms with E-state index in [1.165, 1.54) is 12.1 Å². The normalized spacial score (nSPS) is 9.71. The zero-order valence-electron chi connectivity index (χ0n) is 6.92. The minimum Gasteiger partial charge on any atom is -0.532 e. The van der Waals surface area contributed by atoms with Gasteiger partial charge < -0.3 is 12.6 Å². The Morgan fingerprint density at radius 3 is 2.00 bits per heavy atom. The quantitative estimate of drug-likeness (QED) is 0.447. The zero-order valence-corrected chi connectivity index (χ0v) is 13.1. The van der Waals surface area contributed by atoms with Crippen molar-refractivity contribution in [2.24, 2.45) is 0 Å². The van der Waals surface area contributed by atoms with Crippen LogP contribution in [0.1, 0.15) is 0 Å². The van der Waals surface area contributed by atoms with Crippen molar-refractivity contribution in [1.82, 2.24) is 0 Å². The molecule has 0 aliphatic rings. The fourth-order valence-electron chi connectivity index (χ4n) is 0.641. The van der Waals surface area contributed by atoms with Crippen molar-refractivity contribution in [3.8, 4) is 5.75 Å². The van der Waals surface area contributed by atoms with Crippen molar-refractivity contribution in [2.45, 2.75) is 0 Å². The SMILES string of the molecule is O=[S-](=O)Oc1cc(Cl)c(Cl)cc1Cl.[K+]. The van der Waals surface area contributed by atoms with E-state index in [0.717, 1.165) is 0 Å². The minimum atomic E-state index is -2.68. The molecule has 0 aromatic heterocycles. The van der Waals surface area contributed by atoms with E-state index in [2.05, 4.69) is 4.18 Å². The van der Waals surface area contributed by atoms with Crippen molar-refractivity contribution >= 4 is 45.8 Å². The molecule has 3 nitrogen and oxygen atoms in total. The van der Waals surface area contributed by atoms with E-state index in [1.807, 2.05) is 0 Å². The third-order valence-electron chi connectivity index (χ3n) is 1.13. The molecule has 0 unspecified atom stereocenters. The number of hydrogen-bond acceptors (Lipinski definition) is 4. The van der Waals surface area contributed by atoms with Gasteiger partial charge in [0.1, 0.15) is 16.7 Å². The van der Waals surface area contributed by atoms with Gasteiger partial charge in [-0.2, -0.15) is 0 Å². The number of hydrogen-bond donors (Lipinski definition) is 0. The monoisotopic (exact) mass is 298 g/mol. The first-order valence-corrected chi connectivity index (χ1v) is 5.06. The maximum Gasteiger partial charge on any atom is 1.00 e. The molecule has 0 spiro atoms. The second-order valence-electron chi connectivity index (χ2n) is 1.98. The Morgan fingerprint density at radius 2 is 1.50 bits per heavy atom. The molecule has 0 fully saturated rings. The average molecular weight is 300 g/mol. The molecule has 0 heterocycles. The molecule has 1 aromatic carbocycles. The fraction of sp³-hybridized carbons (Fsp3) is 0. The van der Waals surface area contributed by atoms with Crippen LogP contribution in [-0.2, 0) is 19.4 Å². The Hall–Kier alpha value is 1.48. The van der Waals surface area contributed by atoms with E-state index < -0.39 is 11.0 Å². The Bertz CT molecular complexity index is 400. The van der Waals surface area contributed by atoms with Gasteiger partial charge in [0.15, 0.2) is 0 Å². The molecule has 0 amide bonds. The van der Waals surface area contributed by atoms with Gasteiger partial charge in [-0.25, -0.2) is 0 Å². The van der Waals surface area contributed by atoms with Crippen molar-refractivity contribution in [1.29, 1.82) is 0 Å². The van der Waals surface area contributed by atoms with Crippen molar-refractivity contribution in [3.05, 3.63) is 27.2 Å². The third kappa shape index (κ3) is 4.55. The van der Waals surface area contributed by atoms with Crippen LogP contribution >= 0.6 is 34.8 Å². The summed E-state index contributed by atoms with van der Waals surface area (Å²) in [5.41, 5.74) is 0. The van der Waals surface area contributed by atoms with Gasteiger partial charge in [0.2, 0.25) is 0 Å². The smallest absolute Gasteiger partial charge is 0.532 e. The molecule has 0 N–H and O–H groups in total. The van der Waals surface area contributed by atoms with E-state index >= 15 is 0 Å². The molecule has 0 radical (unpaired) electrons. The molecule has 1 aromatic rings. The van der Waals surface area contributed by atoms with Crippen LogP contribution in [0.15, 0.2) is 12.1 Å². The summed E-state index contributed by atoms with van der Waals surface area (Å²) in [6, 6.07) is 2.52. The van der Waals surface area contributed by atoms with Crippen LogP contribution in [0.4, 0.5) is 0 Å². The van der Waals surface area contributed by atoms with Crippen molar-refractivity contribution < 1.29 is 64.0 Å². The maximum absolute atomic E-state index is 10.2. The van der Waals surface area contributed by atoms with E-state index in [-0.39, 0.29) is 72.2 Å². The van der Waals surface area contributed by atoms with E-state index in [4.69, 9.17) is 34.8 Å². The molecular formula is C6H2Cl3KO3S. The largest absolute Gasteiger partial charge is 1.00 e.